The van der Waals surface area contributed by atoms with Gasteiger partial charge in [-0.15, -0.1) is 0 Å². The molecule has 0 fully saturated rings. The van der Waals surface area contributed by atoms with Crippen molar-refractivity contribution in [1.82, 2.24) is 10.6 Å². The lowest BCUT2D eigenvalue weighted by molar-refractivity contribution is -0.132. The molecule has 3 nitrogen and oxygen atoms in total. The highest BCUT2D eigenvalue weighted by molar-refractivity contribution is 7.80. The second-order valence-corrected chi connectivity index (χ2v) is 3.53. The summed E-state index contributed by atoms with van der Waals surface area (Å²) in [6.45, 7) is 2.05. The first-order valence-electron chi connectivity index (χ1n) is 4.45. The van der Waals surface area contributed by atoms with Crippen molar-refractivity contribution in [2.45, 2.75) is 25.6 Å². The molecule has 15 heavy (non-hydrogen) atoms. The van der Waals surface area contributed by atoms with Crippen LogP contribution in [0, 0.1) is 0 Å². The second-order valence-electron chi connectivity index (χ2n) is 3.12. The van der Waals surface area contributed by atoms with Crippen molar-refractivity contribution in [1.29, 1.82) is 0 Å². The van der Waals surface area contributed by atoms with Crippen molar-refractivity contribution >= 4 is 17.3 Å². The maximum atomic E-state index is 11.8. The van der Waals surface area contributed by atoms with Crippen molar-refractivity contribution in [3.63, 3.8) is 0 Å². The van der Waals surface area contributed by atoms with Crippen LogP contribution in [0.15, 0.2) is 0 Å². The number of nitrogens with one attached hydrogen (secondary N) is 2. The van der Waals surface area contributed by atoms with Gasteiger partial charge in [-0.25, -0.2) is 0 Å². The van der Waals surface area contributed by atoms with Gasteiger partial charge in [0.05, 0.1) is 13.0 Å². The quantitative estimate of drug-likeness (QED) is 0.717. The van der Waals surface area contributed by atoms with Crippen LogP contribution in [0.3, 0.4) is 0 Å². The molecule has 0 radical (unpaired) electrons. The summed E-state index contributed by atoms with van der Waals surface area (Å²) in [5, 5.41) is 5.48. The van der Waals surface area contributed by atoms with Crippen molar-refractivity contribution in [3.05, 3.63) is 0 Å². The molecule has 7 heteroatoms. The van der Waals surface area contributed by atoms with Gasteiger partial charge in [0.2, 0.25) is 0 Å². The maximum Gasteiger partial charge on any atom is 0.390 e. The van der Waals surface area contributed by atoms with Gasteiger partial charge in [0.25, 0.3) is 0 Å². The molecule has 0 bridgehead atoms. The largest absolute Gasteiger partial charge is 0.390 e. The molecule has 0 rings (SSSR count). The number of methoxy groups -OCH3 is 1. The number of rotatable bonds is 5. The lowest BCUT2D eigenvalue weighted by Gasteiger charge is -2.16. The molecule has 0 heterocycles. The normalized spacial score (nSPS) is 13.4. The van der Waals surface area contributed by atoms with Crippen molar-refractivity contribution in [2.75, 3.05) is 20.3 Å². The highest BCUT2D eigenvalue weighted by atomic mass is 32.1. The number of thiocarbonyl (C=S) groups is 1. The third kappa shape index (κ3) is 9.74. The summed E-state index contributed by atoms with van der Waals surface area (Å²) in [6.07, 6.45) is -5.05. The number of halogens is 3. The third-order valence-electron chi connectivity index (χ3n) is 1.49. The molecule has 0 aromatic carbocycles. The Kier molecular flexibility index (Phi) is 6.58. The van der Waals surface area contributed by atoms with E-state index in [1.165, 1.54) is 7.11 Å². The van der Waals surface area contributed by atoms with Crippen LogP contribution in [0.5, 0.6) is 0 Å². The topological polar surface area (TPSA) is 33.3 Å². The van der Waals surface area contributed by atoms with E-state index in [4.69, 9.17) is 17.0 Å². The molecule has 1 atom stereocenters. The zero-order valence-electron chi connectivity index (χ0n) is 8.65. The van der Waals surface area contributed by atoms with E-state index in [2.05, 4.69) is 10.6 Å². The lowest BCUT2D eigenvalue weighted by atomic mass is 10.4. The van der Waals surface area contributed by atoms with E-state index < -0.39 is 12.6 Å². The molecule has 90 valence electrons. The predicted octanol–water partition coefficient (Wildman–Crippen LogP) is 1.44. The monoisotopic (exact) mass is 244 g/mol. The average Bonchev–Trinajstić information content (AvgIpc) is 2.01. The van der Waals surface area contributed by atoms with Gasteiger partial charge in [0, 0.05) is 19.7 Å². The number of ether oxygens (including phenoxy) is 1. The van der Waals surface area contributed by atoms with Crippen LogP contribution < -0.4 is 10.6 Å². The molecule has 0 aliphatic carbocycles. The van der Waals surface area contributed by atoms with E-state index in [0.29, 0.717) is 6.61 Å². The smallest absolute Gasteiger partial charge is 0.383 e. The predicted molar refractivity (Wildman–Crippen MR) is 55.7 cm³/mol. The summed E-state index contributed by atoms with van der Waals surface area (Å²) < 4.78 is 40.1. The number of hydrogen-bond donors (Lipinski definition) is 2. The molecule has 1 unspecified atom stereocenters. The zero-order chi connectivity index (χ0) is 11.9. The molecule has 0 aliphatic heterocycles. The van der Waals surface area contributed by atoms with Gasteiger partial charge < -0.3 is 15.4 Å². The van der Waals surface area contributed by atoms with Gasteiger partial charge in [-0.3, -0.25) is 0 Å². The van der Waals surface area contributed by atoms with Crippen LogP contribution in [0.1, 0.15) is 13.3 Å². The zero-order valence-corrected chi connectivity index (χ0v) is 9.47. The van der Waals surface area contributed by atoms with Crippen molar-refractivity contribution in [2.24, 2.45) is 0 Å². The van der Waals surface area contributed by atoms with Crippen LogP contribution in [0.25, 0.3) is 0 Å². The fourth-order valence-electron chi connectivity index (χ4n) is 0.884. The fourth-order valence-corrected chi connectivity index (χ4v) is 1.19. The molecule has 0 amide bonds. The summed E-state index contributed by atoms with van der Waals surface area (Å²) in [7, 11) is 1.54. The first-order valence-corrected chi connectivity index (χ1v) is 4.86. The van der Waals surface area contributed by atoms with E-state index >= 15 is 0 Å². The molecule has 0 aromatic rings. The van der Waals surface area contributed by atoms with Gasteiger partial charge >= 0.3 is 6.18 Å². The Bertz CT molecular complexity index is 199. The van der Waals surface area contributed by atoms with Crippen LogP contribution in [-0.2, 0) is 4.74 Å². The highest BCUT2D eigenvalue weighted by Crippen LogP contribution is 2.17. The Morgan fingerprint density at radius 3 is 2.53 bits per heavy atom. The van der Waals surface area contributed by atoms with Crippen LogP contribution in [-0.4, -0.2) is 37.6 Å². The van der Waals surface area contributed by atoms with Crippen molar-refractivity contribution in [3.8, 4) is 0 Å². The van der Waals surface area contributed by atoms with E-state index in [0.717, 1.165) is 0 Å². The van der Waals surface area contributed by atoms with E-state index in [9.17, 15) is 13.2 Å². The fraction of sp³-hybridized carbons (Fsp3) is 0.875. The number of hydrogen-bond acceptors (Lipinski definition) is 2. The highest BCUT2D eigenvalue weighted by Gasteiger charge is 2.26. The van der Waals surface area contributed by atoms with Gasteiger partial charge in [-0.05, 0) is 19.1 Å². The minimum Gasteiger partial charge on any atom is -0.383 e. The van der Waals surface area contributed by atoms with E-state index in [1.54, 1.807) is 0 Å². The van der Waals surface area contributed by atoms with Gasteiger partial charge in [0.15, 0.2) is 5.11 Å². The van der Waals surface area contributed by atoms with Crippen LogP contribution in [0.2, 0.25) is 0 Å². The summed E-state index contributed by atoms with van der Waals surface area (Å²) in [4.78, 5) is 0. The average molecular weight is 244 g/mol. The third-order valence-corrected chi connectivity index (χ3v) is 1.75. The summed E-state index contributed by atoms with van der Waals surface area (Å²) in [6, 6.07) is -0.0270. The lowest BCUT2D eigenvalue weighted by Crippen LogP contribution is -2.43. The Labute approximate surface area is 92.4 Å². The Balaban J connectivity index is 3.58. The Hall–Kier alpha value is -0.560. The second kappa shape index (κ2) is 6.84. The minimum atomic E-state index is -4.15. The van der Waals surface area contributed by atoms with Gasteiger partial charge in [0.1, 0.15) is 0 Å². The number of alkyl halides is 3. The summed E-state index contributed by atoms with van der Waals surface area (Å²) in [5.41, 5.74) is 0. The molecule has 0 aromatic heterocycles. The molecule has 0 aliphatic rings. The maximum absolute atomic E-state index is 11.8. The molecule has 0 spiro atoms. The SMILES string of the molecule is COCC(C)NC(=S)NCCC(F)(F)F. The first-order chi connectivity index (χ1) is 6.85. The summed E-state index contributed by atoms with van der Waals surface area (Å²) in [5.74, 6) is 0. The van der Waals surface area contributed by atoms with Gasteiger partial charge in [-0.2, -0.15) is 13.2 Å². The standard InChI is InChI=1S/C8H15F3N2OS/c1-6(5-14-2)13-7(15)12-4-3-8(9,10)11/h6H,3-5H2,1-2H3,(H2,12,13,15). The van der Waals surface area contributed by atoms with Gasteiger partial charge in [-0.1, -0.05) is 0 Å². The first kappa shape index (κ1) is 14.4. The van der Waals surface area contributed by atoms with Crippen molar-refractivity contribution < 1.29 is 17.9 Å². The molecule has 0 saturated heterocycles. The Morgan fingerprint density at radius 2 is 2.07 bits per heavy atom. The molecule has 0 saturated carbocycles. The molecule has 2 N–H and O–H groups in total. The van der Waals surface area contributed by atoms with Crippen LogP contribution >= 0.6 is 12.2 Å². The van der Waals surface area contributed by atoms with Crippen LogP contribution in [0.4, 0.5) is 13.2 Å². The van der Waals surface area contributed by atoms with E-state index in [1.807, 2.05) is 6.92 Å². The Morgan fingerprint density at radius 1 is 1.47 bits per heavy atom. The molecular weight excluding hydrogens is 229 g/mol. The van der Waals surface area contributed by atoms with E-state index in [-0.39, 0.29) is 17.7 Å². The minimum absolute atomic E-state index is 0.0270. The summed E-state index contributed by atoms with van der Waals surface area (Å²) >= 11 is 4.79. The molecular formula is C8H15F3N2OS.